The lowest BCUT2D eigenvalue weighted by Gasteiger charge is -2.36. The predicted molar refractivity (Wildman–Crippen MR) is 185 cm³/mol. The highest BCUT2D eigenvalue weighted by Gasteiger charge is 2.38. The van der Waals surface area contributed by atoms with E-state index in [-0.39, 0.29) is 0 Å². The third-order valence-corrected chi connectivity index (χ3v) is 10.2. The Morgan fingerprint density at radius 3 is 2.21 bits per heavy atom. The van der Waals surface area contributed by atoms with Crippen LogP contribution >= 0.6 is 0 Å². The van der Waals surface area contributed by atoms with Crippen LogP contribution in [0.4, 0.5) is 0 Å². The molecule has 208 valence electrons. The smallest absolute Gasteiger partial charge is 0.0788 e. The van der Waals surface area contributed by atoms with Gasteiger partial charge in [-0.15, -0.1) is 0 Å². The van der Waals surface area contributed by atoms with E-state index < -0.39 is 0 Å². The summed E-state index contributed by atoms with van der Waals surface area (Å²) in [6.45, 7) is 16.5. The van der Waals surface area contributed by atoms with Crippen molar-refractivity contribution in [3.05, 3.63) is 129 Å². The third kappa shape index (κ3) is 4.28. The highest BCUT2D eigenvalue weighted by Crippen LogP contribution is 2.42. The summed E-state index contributed by atoms with van der Waals surface area (Å²) in [4.78, 5) is 0. The summed E-state index contributed by atoms with van der Waals surface area (Å²) in [5.74, 6) is 0.907. The lowest BCUT2D eigenvalue weighted by Crippen LogP contribution is -2.52. The second-order valence-corrected chi connectivity index (χ2v) is 13.3. The number of aryl methyl sites for hydroxylation is 6. The van der Waals surface area contributed by atoms with Gasteiger partial charge in [0.2, 0.25) is 6.71 Å². The lowest BCUT2D eigenvalue weighted by molar-refractivity contribution is 0.689. The van der Waals surface area contributed by atoms with Gasteiger partial charge in [-0.25, -0.2) is 0 Å². The van der Waals surface area contributed by atoms with Gasteiger partial charge in [-0.05, 0) is 110 Å². The fraction of sp³-hybridized carbons (Fsp3) is 0.268. The van der Waals surface area contributed by atoms with E-state index in [1.807, 2.05) is 0 Å². The molecule has 5 aromatic carbocycles. The topological polar surface area (TPSA) is 0 Å². The Bertz CT molecular complexity index is 1940. The van der Waals surface area contributed by atoms with E-state index in [1.165, 1.54) is 82.6 Å². The zero-order chi connectivity index (χ0) is 29.3. The summed E-state index contributed by atoms with van der Waals surface area (Å²) in [7, 11) is 0. The molecule has 0 aliphatic heterocycles. The van der Waals surface area contributed by atoms with Crippen LogP contribution in [0.15, 0.2) is 96.1 Å². The number of benzene rings is 5. The molecule has 0 nitrogen and oxygen atoms in total. The summed E-state index contributed by atoms with van der Waals surface area (Å²) < 4.78 is 0. The molecule has 0 heterocycles. The van der Waals surface area contributed by atoms with E-state index in [2.05, 4.69) is 133 Å². The first-order chi connectivity index (χ1) is 20.2. The Morgan fingerprint density at radius 2 is 1.48 bits per heavy atom. The van der Waals surface area contributed by atoms with E-state index in [0.29, 0.717) is 18.4 Å². The van der Waals surface area contributed by atoms with Crippen LogP contribution in [-0.2, 0) is 12.8 Å². The van der Waals surface area contributed by atoms with Crippen LogP contribution in [0.25, 0.3) is 32.7 Å². The van der Waals surface area contributed by atoms with Gasteiger partial charge >= 0.3 is 0 Å². The molecule has 2 aliphatic rings. The van der Waals surface area contributed by atoms with E-state index in [9.17, 15) is 0 Å². The molecule has 5 aromatic rings. The molecule has 2 atom stereocenters. The lowest BCUT2D eigenvalue weighted by atomic mass is 9.28. The summed E-state index contributed by atoms with van der Waals surface area (Å²) in [5.41, 5.74) is 17.2. The fourth-order valence-corrected chi connectivity index (χ4v) is 8.73. The average molecular weight is 545 g/mol. The minimum absolute atomic E-state index is 0.317. The Balaban J connectivity index is 1.54. The van der Waals surface area contributed by atoms with Crippen LogP contribution in [0.2, 0.25) is 5.82 Å². The van der Waals surface area contributed by atoms with E-state index >= 15 is 0 Å². The van der Waals surface area contributed by atoms with Crippen LogP contribution in [0, 0.1) is 33.6 Å². The highest BCUT2D eigenvalue weighted by atomic mass is 14.3. The van der Waals surface area contributed by atoms with Crippen LogP contribution in [0.5, 0.6) is 0 Å². The van der Waals surface area contributed by atoms with Crippen molar-refractivity contribution in [2.75, 3.05) is 0 Å². The van der Waals surface area contributed by atoms with Crippen LogP contribution < -0.4 is 10.9 Å². The number of hydrogen-bond acceptors (Lipinski definition) is 0. The minimum atomic E-state index is 0.317. The molecule has 7 rings (SSSR count). The molecule has 42 heavy (non-hydrogen) atoms. The molecule has 1 heteroatoms. The number of hydrogen-bond donors (Lipinski definition) is 0. The normalized spacial score (nSPS) is 18.0. The van der Waals surface area contributed by atoms with Gasteiger partial charge in [-0.1, -0.05) is 136 Å². The molecule has 0 radical (unpaired) electrons. The highest BCUT2D eigenvalue weighted by molar-refractivity contribution is 6.88. The molecule has 0 amide bonds. The Morgan fingerprint density at radius 1 is 0.714 bits per heavy atom. The van der Waals surface area contributed by atoms with Crippen molar-refractivity contribution in [1.82, 2.24) is 0 Å². The van der Waals surface area contributed by atoms with Crippen LogP contribution in [-0.4, -0.2) is 6.71 Å². The standard InChI is InChI=1S/C41H41B/c1-24-9-8-10-33(23-24)34-15-11-31-13-17-36-37(18-14-32-12-16-35(34)38(31)39(32)36)42(40-27(4)19-25(2)20-28(40)5)41-29(6)21-26(3)22-30(41)7/h8-12,14-16,18-23,27,40H,13,17H2,1-7H3. The van der Waals surface area contributed by atoms with Crippen molar-refractivity contribution >= 4 is 39.2 Å². The van der Waals surface area contributed by atoms with E-state index in [4.69, 9.17) is 0 Å². The van der Waals surface area contributed by atoms with Crippen LogP contribution in [0.1, 0.15) is 54.2 Å². The Hall–Kier alpha value is -3.84. The number of allylic oxidation sites excluding steroid dienone is 4. The van der Waals surface area contributed by atoms with Gasteiger partial charge in [0, 0.05) is 0 Å². The molecule has 0 N–H and O–H groups in total. The van der Waals surface area contributed by atoms with Gasteiger partial charge < -0.3 is 0 Å². The maximum Gasteiger partial charge on any atom is 0.218 e. The molecule has 0 aromatic heterocycles. The van der Waals surface area contributed by atoms with Gasteiger partial charge in [0.15, 0.2) is 0 Å². The molecule has 0 bridgehead atoms. The SMILES string of the molecule is CC1=CC(C)C(B(c2ccc3ccc4c(-c5cccc(C)c5)ccc5c4c3c2CC5)c2c(C)cc(C)cc2C)C(C)=C1. The van der Waals surface area contributed by atoms with Crippen molar-refractivity contribution in [3.63, 3.8) is 0 Å². The Labute approximate surface area is 252 Å². The molecule has 0 saturated carbocycles. The predicted octanol–water partition coefficient (Wildman–Crippen LogP) is 9.51. The summed E-state index contributed by atoms with van der Waals surface area (Å²) in [6, 6.07) is 28.2. The maximum atomic E-state index is 2.50. The zero-order valence-corrected chi connectivity index (χ0v) is 26.2. The van der Waals surface area contributed by atoms with Crippen molar-refractivity contribution < 1.29 is 0 Å². The van der Waals surface area contributed by atoms with Crippen molar-refractivity contribution in [1.29, 1.82) is 0 Å². The van der Waals surface area contributed by atoms with Gasteiger partial charge in [0.25, 0.3) is 0 Å². The zero-order valence-electron chi connectivity index (χ0n) is 26.2. The van der Waals surface area contributed by atoms with Gasteiger partial charge in [0.1, 0.15) is 0 Å². The third-order valence-electron chi connectivity index (χ3n) is 10.2. The molecule has 0 spiro atoms. The maximum absolute atomic E-state index is 2.50. The first-order valence-corrected chi connectivity index (χ1v) is 15.7. The second kappa shape index (κ2) is 10.2. The summed E-state index contributed by atoms with van der Waals surface area (Å²) in [6.07, 6.45) is 7.13. The number of rotatable bonds is 4. The van der Waals surface area contributed by atoms with Gasteiger partial charge in [0.05, 0.1) is 0 Å². The molecule has 0 fully saturated rings. The molecule has 2 unspecified atom stereocenters. The van der Waals surface area contributed by atoms with Gasteiger partial charge in [-0.2, -0.15) is 0 Å². The fourth-order valence-electron chi connectivity index (χ4n) is 8.73. The first-order valence-electron chi connectivity index (χ1n) is 15.7. The largest absolute Gasteiger partial charge is 0.218 e. The summed E-state index contributed by atoms with van der Waals surface area (Å²) in [5, 5.41) is 5.73. The minimum Gasteiger partial charge on any atom is -0.0788 e. The average Bonchev–Trinajstić information content (AvgIpc) is 2.94. The van der Waals surface area contributed by atoms with Crippen molar-refractivity contribution in [2.45, 2.75) is 67.1 Å². The molecular formula is C41H41B. The van der Waals surface area contributed by atoms with Gasteiger partial charge in [-0.3, -0.25) is 0 Å². The molecule has 0 saturated heterocycles. The van der Waals surface area contributed by atoms with Crippen molar-refractivity contribution in [3.8, 4) is 11.1 Å². The first kappa shape index (κ1) is 27.0. The van der Waals surface area contributed by atoms with E-state index in [1.54, 1.807) is 5.56 Å². The quantitative estimate of drug-likeness (QED) is 0.156. The molecular weight excluding hydrogens is 503 g/mol. The van der Waals surface area contributed by atoms with Crippen molar-refractivity contribution in [2.24, 2.45) is 5.92 Å². The van der Waals surface area contributed by atoms with E-state index in [0.717, 1.165) is 12.8 Å². The second-order valence-electron chi connectivity index (χ2n) is 13.3. The summed E-state index contributed by atoms with van der Waals surface area (Å²) >= 11 is 0. The molecule has 2 aliphatic carbocycles. The monoisotopic (exact) mass is 544 g/mol. The Kier molecular flexibility index (Phi) is 6.54. The van der Waals surface area contributed by atoms with Crippen LogP contribution in [0.3, 0.4) is 0 Å².